The molecule has 6 heteroatoms. The number of hydrogen-bond acceptors (Lipinski definition) is 4. The second-order valence-corrected chi connectivity index (χ2v) is 9.23. The Labute approximate surface area is 83.5 Å². The van der Waals surface area contributed by atoms with Crippen molar-refractivity contribution in [3.8, 4) is 0 Å². The van der Waals surface area contributed by atoms with Crippen LogP contribution in [0.25, 0.3) is 0 Å². The Hall–Kier alpha value is -0.653. The van der Waals surface area contributed by atoms with Crippen molar-refractivity contribution >= 4 is 30.7 Å². The number of hydrogen-bond donors (Lipinski definition) is 2. The van der Waals surface area contributed by atoms with Crippen molar-refractivity contribution in [1.29, 1.82) is 0 Å². The molecule has 13 heavy (non-hydrogen) atoms. The maximum absolute atomic E-state index is 5.93. The monoisotopic (exact) mass is 216 g/mol. The molecule has 0 amide bonds. The van der Waals surface area contributed by atoms with Crippen molar-refractivity contribution in [3.05, 3.63) is 11.2 Å². The molecule has 72 valence electrons. The lowest BCUT2D eigenvalue weighted by molar-refractivity contribution is 1.03. The van der Waals surface area contributed by atoms with E-state index in [0.29, 0.717) is 11.0 Å². The van der Waals surface area contributed by atoms with Crippen LogP contribution in [0.15, 0.2) is 6.07 Å². The smallest absolute Gasteiger partial charge is 0.162 e. The van der Waals surface area contributed by atoms with E-state index in [2.05, 4.69) is 35.3 Å². The van der Waals surface area contributed by atoms with Gasteiger partial charge in [0.05, 0.1) is 8.07 Å². The highest BCUT2D eigenvalue weighted by Crippen LogP contribution is 2.11. The van der Waals surface area contributed by atoms with Crippen LogP contribution in [0.1, 0.15) is 0 Å². The molecule has 3 N–H and O–H groups in total. The number of hydrazine groups is 1. The average molecular weight is 217 g/mol. The molecule has 4 nitrogen and oxygen atoms in total. The Morgan fingerprint density at radius 2 is 2.00 bits per heavy atom. The first-order valence-electron chi connectivity index (χ1n) is 3.95. The number of nitrogens with one attached hydrogen (secondary N) is 1. The second-order valence-electron chi connectivity index (χ2n) is 3.83. The molecule has 0 saturated heterocycles. The van der Waals surface area contributed by atoms with Crippen LogP contribution in [0, 0.1) is 0 Å². The summed E-state index contributed by atoms with van der Waals surface area (Å²) in [7, 11) is -1.46. The van der Waals surface area contributed by atoms with Crippen molar-refractivity contribution in [3.63, 3.8) is 0 Å². The maximum Gasteiger partial charge on any atom is 0.162 e. The van der Waals surface area contributed by atoms with Crippen LogP contribution in [-0.2, 0) is 0 Å². The van der Waals surface area contributed by atoms with Gasteiger partial charge in [0.2, 0.25) is 0 Å². The van der Waals surface area contributed by atoms with Crippen LogP contribution in [0.5, 0.6) is 0 Å². The number of aromatic nitrogens is 2. The summed E-state index contributed by atoms with van der Waals surface area (Å²) in [5.74, 6) is 5.79. The van der Waals surface area contributed by atoms with E-state index < -0.39 is 8.07 Å². The van der Waals surface area contributed by atoms with Gasteiger partial charge in [-0.3, -0.25) is 0 Å². The molecule has 0 radical (unpaired) electrons. The van der Waals surface area contributed by atoms with E-state index >= 15 is 0 Å². The molecule has 0 unspecified atom stereocenters. The fraction of sp³-hybridized carbons (Fsp3) is 0.429. The fourth-order valence-corrected chi connectivity index (χ4v) is 3.15. The molecule has 0 aliphatic carbocycles. The highest BCUT2D eigenvalue weighted by atomic mass is 35.5. The first kappa shape index (κ1) is 10.4. The molecule has 0 aromatic carbocycles. The zero-order valence-corrected chi connectivity index (χ0v) is 9.68. The summed E-state index contributed by atoms with van der Waals surface area (Å²) in [4.78, 5) is 0. The molecule has 1 heterocycles. The van der Waals surface area contributed by atoms with Gasteiger partial charge in [-0.05, 0) is 11.3 Å². The predicted molar refractivity (Wildman–Crippen MR) is 57.8 cm³/mol. The lowest BCUT2D eigenvalue weighted by atomic mass is 10.5. The van der Waals surface area contributed by atoms with Gasteiger partial charge < -0.3 is 5.43 Å². The Morgan fingerprint density at radius 1 is 1.38 bits per heavy atom. The number of nitrogens with zero attached hydrogens (tertiary/aromatic N) is 2. The summed E-state index contributed by atoms with van der Waals surface area (Å²) in [5, 5.41) is 9.15. The largest absolute Gasteiger partial charge is 0.307 e. The van der Waals surface area contributed by atoms with E-state index in [1.165, 1.54) is 0 Å². The Balaban J connectivity index is 3.19. The number of nitrogen functional groups attached to an aromatic ring is 1. The van der Waals surface area contributed by atoms with Gasteiger partial charge in [-0.15, -0.1) is 10.2 Å². The lowest BCUT2D eigenvalue weighted by Crippen LogP contribution is -2.39. The van der Waals surface area contributed by atoms with Gasteiger partial charge in [0, 0.05) is 0 Å². The topological polar surface area (TPSA) is 63.8 Å². The molecule has 0 spiro atoms. The first-order chi connectivity index (χ1) is 5.95. The molecule has 0 aliphatic rings. The summed E-state index contributed by atoms with van der Waals surface area (Å²) in [6.45, 7) is 6.57. The summed E-state index contributed by atoms with van der Waals surface area (Å²) >= 11 is 5.93. The molecule has 1 rings (SSSR count). The average Bonchev–Trinajstić information content (AvgIpc) is 2.03. The number of halogens is 1. The standard InChI is InChI=1S/C7H13ClN4Si/c1-13(2,3)5-4-6(10-9)11-12-7(5)8/h4H,9H2,1-3H3,(H,10,11). The quantitative estimate of drug-likeness (QED) is 0.439. The number of anilines is 1. The third-order valence-corrected chi connectivity index (χ3v) is 4.14. The van der Waals surface area contributed by atoms with Gasteiger partial charge in [-0.1, -0.05) is 31.2 Å². The van der Waals surface area contributed by atoms with Crippen LogP contribution in [0.2, 0.25) is 24.8 Å². The van der Waals surface area contributed by atoms with Gasteiger partial charge in [-0.2, -0.15) is 0 Å². The molecular weight excluding hydrogens is 204 g/mol. The minimum absolute atomic E-state index is 0.484. The third kappa shape index (κ3) is 2.39. The van der Waals surface area contributed by atoms with Crippen LogP contribution in [0.4, 0.5) is 5.82 Å². The zero-order valence-electron chi connectivity index (χ0n) is 7.93. The second kappa shape index (κ2) is 3.61. The number of rotatable bonds is 2. The van der Waals surface area contributed by atoms with Gasteiger partial charge in [-0.25, -0.2) is 5.84 Å². The van der Waals surface area contributed by atoms with Crippen LogP contribution >= 0.6 is 11.6 Å². The van der Waals surface area contributed by atoms with Gasteiger partial charge >= 0.3 is 0 Å². The molecule has 0 bridgehead atoms. The first-order valence-corrected chi connectivity index (χ1v) is 7.83. The molecule has 0 atom stereocenters. The summed E-state index contributed by atoms with van der Waals surface area (Å²) in [5.41, 5.74) is 2.46. The van der Waals surface area contributed by atoms with Gasteiger partial charge in [0.25, 0.3) is 0 Å². The zero-order chi connectivity index (χ0) is 10.1. The van der Waals surface area contributed by atoms with E-state index in [0.717, 1.165) is 5.19 Å². The van der Waals surface area contributed by atoms with E-state index in [1.807, 2.05) is 6.07 Å². The predicted octanol–water partition coefficient (Wildman–Crippen LogP) is 0.961. The van der Waals surface area contributed by atoms with Crippen LogP contribution in [0.3, 0.4) is 0 Å². The van der Waals surface area contributed by atoms with Crippen molar-refractivity contribution < 1.29 is 0 Å². The molecule has 1 aromatic heterocycles. The fourth-order valence-electron chi connectivity index (χ4n) is 0.973. The van der Waals surface area contributed by atoms with Crippen molar-refractivity contribution in [2.45, 2.75) is 19.6 Å². The third-order valence-electron chi connectivity index (χ3n) is 1.70. The van der Waals surface area contributed by atoms with E-state index in [-0.39, 0.29) is 0 Å². The Bertz CT molecular complexity index is 310. The Kier molecular flexibility index (Phi) is 2.89. The van der Waals surface area contributed by atoms with E-state index in [1.54, 1.807) is 0 Å². The minimum atomic E-state index is -1.46. The van der Waals surface area contributed by atoms with Crippen molar-refractivity contribution in [1.82, 2.24) is 10.2 Å². The van der Waals surface area contributed by atoms with E-state index in [9.17, 15) is 0 Å². The highest BCUT2D eigenvalue weighted by molar-refractivity contribution is 6.90. The summed E-state index contributed by atoms with van der Waals surface area (Å²) in [6.07, 6.45) is 0. The highest BCUT2D eigenvalue weighted by Gasteiger charge is 2.21. The van der Waals surface area contributed by atoms with Gasteiger partial charge in [0.15, 0.2) is 11.0 Å². The number of nitrogens with two attached hydrogens (primary N) is 1. The van der Waals surface area contributed by atoms with Crippen LogP contribution < -0.4 is 16.5 Å². The molecule has 0 fully saturated rings. The van der Waals surface area contributed by atoms with Gasteiger partial charge in [0.1, 0.15) is 0 Å². The molecular formula is C7H13ClN4Si. The Morgan fingerprint density at radius 3 is 2.46 bits per heavy atom. The van der Waals surface area contributed by atoms with Crippen molar-refractivity contribution in [2.24, 2.45) is 5.84 Å². The maximum atomic E-state index is 5.93. The molecule has 1 aromatic rings. The van der Waals surface area contributed by atoms with Crippen LogP contribution in [-0.4, -0.2) is 18.3 Å². The molecule has 0 aliphatic heterocycles. The van der Waals surface area contributed by atoms with Crippen molar-refractivity contribution in [2.75, 3.05) is 5.43 Å². The summed E-state index contributed by atoms with van der Waals surface area (Å²) < 4.78 is 0. The normalized spacial score (nSPS) is 11.5. The lowest BCUT2D eigenvalue weighted by Gasteiger charge is -2.17. The van der Waals surface area contributed by atoms with E-state index in [4.69, 9.17) is 17.4 Å². The molecule has 0 saturated carbocycles. The minimum Gasteiger partial charge on any atom is -0.307 e. The summed E-state index contributed by atoms with van der Waals surface area (Å²) in [6, 6.07) is 1.86. The SMILES string of the molecule is C[Si](C)(C)c1cc(NN)nnc1Cl.